The maximum absolute atomic E-state index is 12.9. The number of nitrogens with zero attached hydrogens (tertiary/aromatic N) is 2. The Hall–Kier alpha value is -1.08. The minimum atomic E-state index is -4.40. The van der Waals surface area contributed by atoms with Crippen molar-refractivity contribution in [2.45, 2.75) is 18.7 Å². The molecule has 1 fully saturated rings. The first-order valence-electron chi connectivity index (χ1n) is 8.52. The SMILES string of the molecule is CN=C(NCCCS(C)(=O)=O)N1CCOC(c2cccc(C(F)(F)F)c2)C1.I. The molecule has 1 saturated heterocycles. The summed E-state index contributed by atoms with van der Waals surface area (Å²) in [5.74, 6) is 0.649. The molecule has 6 nitrogen and oxygen atoms in total. The zero-order valence-corrected chi connectivity index (χ0v) is 18.8. The van der Waals surface area contributed by atoms with E-state index in [9.17, 15) is 21.6 Å². The zero-order valence-electron chi connectivity index (χ0n) is 15.7. The molecule has 0 radical (unpaired) electrons. The van der Waals surface area contributed by atoms with Crippen molar-refractivity contribution in [3.05, 3.63) is 35.4 Å². The number of nitrogens with one attached hydrogen (secondary N) is 1. The highest BCUT2D eigenvalue weighted by Crippen LogP contribution is 2.32. The third-order valence-corrected chi connectivity index (χ3v) is 5.17. The van der Waals surface area contributed by atoms with Gasteiger partial charge in [0.2, 0.25) is 0 Å². The number of alkyl halides is 3. The van der Waals surface area contributed by atoms with E-state index in [1.165, 1.54) is 12.3 Å². The van der Waals surface area contributed by atoms with Gasteiger partial charge in [-0.1, -0.05) is 12.1 Å². The lowest BCUT2D eigenvalue weighted by Gasteiger charge is -2.35. The van der Waals surface area contributed by atoms with Gasteiger partial charge < -0.3 is 15.0 Å². The number of aliphatic imine (C=N–C) groups is 1. The van der Waals surface area contributed by atoms with Gasteiger partial charge in [0.15, 0.2) is 5.96 Å². The van der Waals surface area contributed by atoms with Crippen LogP contribution in [0.4, 0.5) is 13.2 Å². The normalized spacial score (nSPS) is 18.5. The molecule has 0 saturated carbocycles. The fourth-order valence-corrected chi connectivity index (χ4v) is 3.49. The van der Waals surface area contributed by atoms with Crippen LogP contribution < -0.4 is 5.32 Å². The van der Waals surface area contributed by atoms with Gasteiger partial charge in [0, 0.05) is 26.4 Å². The Labute approximate surface area is 180 Å². The summed E-state index contributed by atoms with van der Waals surface area (Å²) >= 11 is 0. The quantitative estimate of drug-likeness (QED) is 0.272. The molecule has 0 spiro atoms. The first kappa shape index (κ1) is 25.0. The van der Waals surface area contributed by atoms with Crippen molar-refractivity contribution in [3.63, 3.8) is 0 Å². The molecule has 28 heavy (non-hydrogen) atoms. The van der Waals surface area contributed by atoms with Gasteiger partial charge in [-0.15, -0.1) is 24.0 Å². The van der Waals surface area contributed by atoms with Gasteiger partial charge >= 0.3 is 6.18 Å². The van der Waals surface area contributed by atoms with Crippen LogP contribution in [0, 0.1) is 0 Å². The van der Waals surface area contributed by atoms with Crippen molar-refractivity contribution in [2.24, 2.45) is 4.99 Å². The lowest BCUT2D eigenvalue weighted by Crippen LogP contribution is -2.48. The first-order chi connectivity index (χ1) is 12.6. The number of benzene rings is 1. The largest absolute Gasteiger partial charge is 0.416 e. The number of morpholine rings is 1. The van der Waals surface area contributed by atoms with Crippen molar-refractivity contribution in [2.75, 3.05) is 45.3 Å². The van der Waals surface area contributed by atoms with Gasteiger partial charge in [-0.25, -0.2) is 8.42 Å². The van der Waals surface area contributed by atoms with Gasteiger partial charge in [0.05, 0.1) is 24.5 Å². The van der Waals surface area contributed by atoms with Crippen LogP contribution in [0.25, 0.3) is 0 Å². The van der Waals surface area contributed by atoms with Crippen LogP contribution in [0.1, 0.15) is 23.7 Å². The van der Waals surface area contributed by atoms with Crippen LogP contribution in [-0.4, -0.2) is 64.6 Å². The van der Waals surface area contributed by atoms with E-state index in [1.807, 2.05) is 4.90 Å². The molecule has 1 N–H and O–H groups in total. The van der Waals surface area contributed by atoms with Crippen molar-refractivity contribution in [1.29, 1.82) is 0 Å². The average Bonchev–Trinajstić information content (AvgIpc) is 2.60. The minimum Gasteiger partial charge on any atom is -0.370 e. The van der Waals surface area contributed by atoms with Gasteiger partial charge in [-0.3, -0.25) is 4.99 Å². The number of sulfone groups is 1. The highest BCUT2D eigenvalue weighted by molar-refractivity contribution is 14.0. The molecular weight excluding hydrogens is 510 g/mol. The Morgan fingerprint density at radius 3 is 2.71 bits per heavy atom. The Balaban J connectivity index is 0.00000392. The van der Waals surface area contributed by atoms with E-state index in [2.05, 4.69) is 10.3 Å². The molecule has 1 aromatic carbocycles. The van der Waals surface area contributed by atoms with Gasteiger partial charge in [-0.2, -0.15) is 13.2 Å². The molecule has 0 aliphatic carbocycles. The second kappa shape index (κ2) is 10.6. The third kappa shape index (κ3) is 7.74. The molecular formula is C17H25F3IN3O3S. The van der Waals surface area contributed by atoms with E-state index >= 15 is 0 Å². The van der Waals surface area contributed by atoms with E-state index in [4.69, 9.17) is 4.74 Å². The van der Waals surface area contributed by atoms with Crippen molar-refractivity contribution >= 4 is 39.8 Å². The summed E-state index contributed by atoms with van der Waals surface area (Å²) in [6.07, 6.45) is -3.28. The van der Waals surface area contributed by atoms with Crippen LogP contribution in [0.3, 0.4) is 0 Å². The molecule has 0 bridgehead atoms. The number of ether oxygens (including phenoxy) is 1. The van der Waals surface area contributed by atoms with Crippen LogP contribution in [-0.2, 0) is 20.8 Å². The van der Waals surface area contributed by atoms with E-state index < -0.39 is 27.7 Å². The van der Waals surface area contributed by atoms with Crippen LogP contribution >= 0.6 is 24.0 Å². The van der Waals surface area contributed by atoms with Gasteiger partial charge in [0.25, 0.3) is 0 Å². The predicted octanol–water partition coefficient (Wildman–Crippen LogP) is 2.71. The zero-order chi connectivity index (χ0) is 20.1. The van der Waals surface area contributed by atoms with Crippen molar-refractivity contribution in [3.8, 4) is 0 Å². The smallest absolute Gasteiger partial charge is 0.370 e. The number of hydrogen-bond donors (Lipinski definition) is 1. The third-order valence-electron chi connectivity index (χ3n) is 4.14. The first-order valence-corrected chi connectivity index (χ1v) is 10.6. The molecule has 2 rings (SSSR count). The molecule has 1 aromatic rings. The number of halogens is 4. The number of hydrogen-bond acceptors (Lipinski definition) is 4. The lowest BCUT2D eigenvalue weighted by atomic mass is 10.0. The van der Waals surface area contributed by atoms with E-state index in [1.54, 1.807) is 13.1 Å². The molecule has 160 valence electrons. The number of rotatable bonds is 5. The summed E-state index contributed by atoms with van der Waals surface area (Å²) in [4.78, 5) is 6.07. The molecule has 0 amide bonds. The van der Waals surface area contributed by atoms with E-state index in [0.29, 0.717) is 44.2 Å². The highest BCUT2D eigenvalue weighted by atomic mass is 127. The standard InChI is InChI=1S/C17H24F3N3O3S.HI/c1-21-16(22-7-4-10-27(2,24)25)23-8-9-26-15(12-23)13-5-3-6-14(11-13)17(18,19)20;/h3,5-6,11,15H,4,7-10,12H2,1-2H3,(H,21,22);1H. The van der Waals surface area contributed by atoms with Crippen LogP contribution in [0.15, 0.2) is 29.3 Å². The second-order valence-electron chi connectivity index (χ2n) is 6.39. The van der Waals surface area contributed by atoms with Gasteiger partial charge in [0.1, 0.15) is 15.9 Å². The summed E-state index contributed by atoms with van der Waals surface area (Å²) in [5, 5.41) is 3.10. The molecule has 11 heteroatoms. The monoisotopic (exact) mass is 535 g/mol. The highest BCUT2D eigenvalue weighted by Gasteiger charge is 2.32. The summed E-state index contributed by atoms with van der Waals surface area (Å²) in [6, 6.07) is 5.13. The molecule has 1 heterocycles. The summed E-state index contributed by atoms with van der Waals surface area (Å²) in [7, 11) is -1.42. The predicted molar refractivity (Wildman–Crippen MR) is 113 cm³/mol. The van der Waals surface area contributed by atoms with Crippen molar-refractivity contribution < 1.29 is 26.3 Å². The lowest BCUT2D eigenvalue weighted by molar-refractivity contribution is -0.137. The van der Waals surface area contributed by atoms with Gasteiger partial charge in [-0.05, 0) is 24.1 Å². The molecule has 1 unspecified atom stereocenters. The topological polar surface area (TPSA) is 71.0 Å². The molecule has 1 aliphatic heterocycles. The van der Waals surface area contributed by atoms with E-state index in [0.717, 1.165) is 12.1 Å². The van der Waals surface area contributed by atoms with Crippen LogP contribution in [0.2, 0.25) is 0 Å². The van der Waals surface area contributed by atoms with Crippen LogP contribution in [0.5, 0.6) is 0 Å². The Morgan fingerprint density at radius 2 is 2.11 bits per heavy atom. The molecule has 1 aliphatic rings. The fourth-order valence-electron chi connectivity index (χ4n) is 2.83. The summed E-state index contributed by atoms with van der Waals surface area (Å²) in [6.45, 7) is 1.69. The van der Waals surface area contributed by atoms with Crippen molar-refractivity contribution in [1.82, 2.24) is 10.2 Å². The second-order valence-corrected chi connectivity index (χ2v) is 8.65. The minimum absolute atomic E-state index is 0. The Morgan fingerprint density at radius 1 is 1.39 bits per heavy atom. The summed E-state index contributed by atoms with van der Waals surface area (Å²) in [5.41, 5.74) is -0.244. The molecule has 1 atom stereocenters. The van der Waals surface area contributed by atoms with E-state index in [-0.39, 0.29) is 29.7 Å². The Kier molecular flexibility index (Phi) is 9.47. The summed E-state index contributed by atoms with van der Waals surface area (Å²) < 4.78 is 66.8. The Bertz CT molecular complexity index is 772. The number of guanidine groups is 1. The maximum atomic E-state index is 12.9. The fraction of sp³-hybridized carbons (Fsp3) is 0.588. The maximum Gasteiger partial charge on any atom is 0.416 e. The average molecular weight is 535 g/mol. The molecule has 0 aromatic heterocycles.